The highest BCUT2D eigenvalue weighted by molar-refractivity contribution is 8.00. The number of thioether (sulfide) groups is 1. The Balaban J connectivity index is 1.83. The first-order chi connectivity index (χ1) is 13.9. The number of nitrogens with zero attached hydrogens (tertiary/aromatic N) is 1. The average Bonchev–Trinajstić information content (AvgIpc) is 3.03. The summed E-state index contributed by atoms with van der Waals surface area (Å²) in [6, 6.07) is 1.19. The zero-order valence-corrected chi connectivity index (χ0v) is 18.0. The molecular weight excluding hydrogens is 412 g/mol. The summed E-state index contributed by atoms with van der Waals surface area (Å²) in [5.41, 5.74) is 6.73. The second-order valence-corrected chi connectivity index (χ2v) is 8.91. The Hall–Kier alpha value is -2.33. The molecule has 0 saturated heterocycles. The number of nitrogens with one attached hydrogen (secondary N) is 2. The lowest BCUT2D eigenvalue weighted by atomic mass is 9.95. The van der Waals surface area contributed by atoms with Crippen LogP contribution in [0.25, 0.3) is 0 Å². The van der Waals surface area contributed by atoms with Gasteiger partial charge in [0.05, 0.1) is 17.4 Å². The number of nitrogens with two attached hydrogens (primary N) is 1. The SMILES string of the molecule is CCOC(=O)c1c(NC(=O)C(CC)Sc2nc(N)cc(=O)[nH]2)sc2c1CCCC2. The predicted octanol–water partition coefficient (Wildman–Crippen LogP) is 2.98. The molecule has 0 aliphatic heterocycles. The number of esters is 1. The molecule has 156 valence electrons. The molecule has 0 bridgehead atoms. The molecule has 0 spiro atoms. The van der Waals surface area contributed by atoms with Crippen LogP contribution in [0.1, 0.15) is 53.9 Å². The minimum Gasteiger partial charge on any atom is -0.462 e. The quantitative estimate of drug-likeness (QED) is 0.346. The third-order valence-electron chi connectivity index (χ3n) is 4.54. The Morgan fingerprint density at radius 2 is 2.14 bits per heavy atom. The zero-order chi connectivity index (χ0) is 21.0. The Morgan fingerprint density at radius 1 is 1.38 bits per heavy atom. The molecule has 1 aliphatic rings. The van der Waals surface area contributed by atoms with E-state index in [2.05, 4.69) is 15.3 Å². The van der Waals surface area contributed by atoms with E-state index in [0.29, 0.717) is 17.0 Å². The van der Waals surface area contributed by atoms with Gasteiger partial charge in [-0.25, -0.2) is 9.78 Å². The van der Waals surface area contributed by atoms with Gasteiger partial charge in [0.15, 0.2) is 5.16 Å². The van der Waals surface area contributed by atoms with E-state index in [1.54, 1.807) is 6.92 Å². The van der Waals surface area contributed by atoms with Crippen LogP contribution < -0.4 is 16.6 Å². The smallest absolute Gasteiger partial charge is 0.341 e. The number of thiophene rings is 1. The van der Waals surface area contributed by atoms with Gasteiger partial charge in [0.1, 0.15) is 10.8 Å². The van der Waals surface area contributed by atoms with Crippen molar-refractivity contribution in [1.82, 2.24) is 9.97 Å². The van der Waals surface area contributed by atoms with Crippen molar-refractivity contribution >= 4 is 45.8 Å². The highest BCUT2D eigenvalue weighted by Crippen LogP contribution is 2.39. The summed E-state index contributed by atoms with van der Waals surface area (Å²) in [5, 5.41) is 3.23. The molecule has 4 N–H and O–H groups in total. The van der Waals surface area contributed by atoms with Gasteiger partial charge in [0.25, 0.3) is 5.56 Å². The van der Waals surface area contributed by atoms with Crippen LogP contribution in [0.4, 0.5) is 10.8 Å². The minimum absolute atomic E-state index is 0.0991. The van der Waals surface area contributed by atoms with Gasteiger partial charge in [-0.1, -0.05) is 18.7 Å². The van der Waals surface area contributed by atoms with E-state index in [4.69, 9.17) is 10.5 Å². The Kier molecular flexibility index (Phi) is 6.96. The van der Waals surface area contributed by atoms with Gasteiger partial charge in [-0.15, -0.1) is 11.3 Å². The number of aromatic nitrogens is 2. The Bertz CT molecular complexity index is 970. The van der Waals surface area contributed by atoms with Crippen LogP contribution in [-0.2, 0) is 22.4 Å². The lowest BCUT2D eigenvalue weighted by molar-refractivity contribution is -0.115. The summed E-state index contributed by atoms with van der Waals surface area (Å²) in [6.45, 7) is 3.91. The number of hydrogen-bond donors (Lipinski definition) is 3. The number of aromatic amines is 1. The third kappa shape index (κ3) is 4.99. The van der Waals surface area contributed by atoms with Crippen molar-refractivity contribution in [1.29, 1.82) is 0 Å². The molecule has 0 radical (unpaired) electrons. The number of nitrogen functional groups attached to an aromatic ring is 1. The molecule has 2 heterocycles. The molecule has 1 aliphatic carbocycles. The first kappa shape index (κ1) is 21.4. The molecule has 10 heteroatoms. The highest BCUT2D eigenvalue weighted by Gasteiger charge is 2.29. The molecule has 1 unspecified atom stereocenters. The van der Waals surface area contributed by atoms with Crippen LogP contribution in [-0.4, -0.2) is 33.7 Å². The largest absolute Gasteiger partial charge is 0.462 e. The lowest BCUT2D eigenvalue weighted by Gasteiger charge is -2.15. The van der Waals surface area contributed by atoms with Crippen LogP contribution in [0, 0.1) is 0 Å². The molecule has 0 saturated carbocycles. The third-order valence-corrected chi connectivity index (χ3v) is 7.00. The number of hydrogen-bond acceptors (Lipinski definition) is 8. The van der Waals surface area contributed by atoms with Gasteiger partial charge in [0, 0.05) is 10.9 Å². The maximum Gasteiger partial charge on any atom is 0.341 e. The fourth-order valence-corrected chi connectivity index (χ4v) is 5.43. The number of amides is 1. The van der Waals surface area contributed by atoms with E-state index in [-0.39, 0.29) is 29.0 Å². The maximum atomic E-state index is 12.9. The van der Waals surface area contributed by atoms with E-state index in [9.17, 15) is 14.4 Å². The lowest BCUT2D eigenvalue weighted by Crippen LogP contribution is -2.26. The van der Waals surface area contributed by atoms with Crippen molar-refractivity contribution in [2.75, 3.05) is 17.7 Å². The van der Waals surface area contributed by atoms with E-state index < -0.39 is 11.2 Å². The number of fused-ring (bicyclic) bond motifs is 1. The van der Waals surface area contributed by atoms with Gasteiger partial charge < -0.3 is 20.8 Å². The summed E-state index contributed by atoms with van der Waals surface area (Å²) in [4.78, 5) is 44.9. The Morgan fingerprint density at radius 3 is 2.83 bits per heavy atom. The highest BCUT2D eigenvalue weighted by atomic mass is 32.2. The minimum atomic E-state index is -0.505. The first-order valence-corrected chi connectivity index (χ1v) is 11.3. The number of H-pyrrole nitrogens is 1. The molecule has 1 atom stereocenters. The number of aryl methyl sites for hydroxylation is 1. The van der Waals surface area contributed by atoms with Crippen molar-refractivity contribution in [2.24, 2.45) is 0 Å². The van der Waals surface area contributed by atoms with Crippen molar-refractivity contribution in [3.05, 3.63) is 32.4 Å². The molecule has 2 aromatic heterocycles. The van der Waals surface area contributed by atoms with Crippen molar-refractivity contribution in [3.8, 4) is 0 Å². The van der Waals surface area contributed by atoms with Crippen LogP contribution in [0.3, 0.4) is 0 Å². The summed E-state index contributed by atoms with van der Waals surface area (Å²) >= 11 is 2.58. The monoisotopic (exact) mass is 436 g/mol. The number of ether oxygens (including phenoxy) is 1. The second kappa shape index (κ2) is 9.45. The van der Waals surface area contributed by atoms with Gasteiger partial charge in [-0.2, -0.15) is 0 Å². The number of carbonyl (C=O) groups is 2. The van der Waals surface area contributed by atoms with Crippen molar-refractivity contribution in [3.63, 3.8) is 0 Å². The van der Waals surface area contributed by atoms with Crippen LogP contribution in [0.15, 0.2) is 16.0 Å². The maximum absolute atomic E-state index is 12.9. The molecule has 29 heavy (non-hydrogen) atoms. The fourth-order valence-electron chi connectivity index (χ4n) is 3.23. The number of anilines is 2. The average molecular weight is 437 g/mol. The van der Waals surface area contributed by atoms with E-state index >= 15 is 0 Å². The van der Waals surface area contributed by atoms with Crippen LogP contribution >= 0.6 is 23.1 Å². The van der Waals surface area contributed by atoms with Gasteiger partial charge in [-0.3, -0.25) is 9.59 Å². The molecular formula is C19H24N4O4S2. The molecule has 0 aromatic carbocycles. The molecule has 1 amide bonds. The second-order valence-electron chi connectivity index (χ2n) is 6.61. The predicted molar refractivity (Wildman–Crippen MR) is 115 cm³/mol. The van der Waals surface area contributed by atoms with Gasteiger partial charge in [-0.05, 0) is 44.6 Å². The summed E-state index contributed by atoms with van der Waals surface area (Å²) in [7, 11) is 0. The van der Waals surface area contributed by atoms with E-state index in [0.717, 1.165) is 47.9 Å². The van der Waals surface area contributed by atoms with E-state index in [1.807, 2.05) is 6.92 Å². The zero-order valence-electron chi connectivity index (χ0n) is 16.4. The summed E-state index contributed by atoms with van der Waals surface area (Å²) in [5.74, 6) is -0.557. The van der Waals surface area contributed by atoms with Crippen LogP contribution in [0.5, 0.6) is 0 Å². The first-order valence-electron chi connectivity index (χ1n) is 9.58. The fraction of sp³-hybridized carbons (Fsp3) is 0.474. The van der Waals surface area contributed by atoms with Gasteiger partial charge >= 0.3 is 5.97 Å². The molecule has 0 fully saturated rings. The topological polar surface area (TPSA) is 127 Å². The molecule has 8 nitrogen and oxygen atoms in total. The van der Waals surface area contributed by atoms with E-state index in [1.165, 1.54) is 17.4 Å². The summed E-state index contributed by atoms with van der Waals surface area (Å²) < 4.78 is 5.23. The standard InChI is InChI=1S/C19H24N4O4S2/c1-3-11(29-19-21-13(20)9-14(24)22-19)16(25)23-17-15(18(26)27-4-2)10-7-5-6-8-12(10)28-17/h9,11H,3-8H2,1-2H3,(H,23,25)(H3,20,21,22,24). The number of carbonyl (C=O) groups excluding carboxylic acids is 2. The van der Waals surface area contributed by atoms with Gasteiger partial charge in [0.2, 0.25) is 5.91 Å². The summed E-state index contributed by atoms with van der Waals surface area (Å²) in [6.07, 6.45) is 4.32. The number of rotatable bonds is 7. The van der Waals surface area contributed by atoms with Crippen molar-refractivity contribution in [2.45, 2.75) is 56.4 Å². The molecule has 3 rings (SSSR count). The molecule has 2 aromatic rings. The Labute approximate surface area is 176 Å². The van der Waals surface area contributed by atoms with Crippen LogP contribution in [0.2, 0.25) is 0 Å². The normalized spacial score (nSPS) is 14.1. The van der Waals surface area contributed by atoms with Crippen molar-refractivity contribution < 1.29 is 14.3 Å².